The average Bonchev–Trinajstić information content (AvgIpc) is 2.06. The van der Waals surface area contributed by atoms with Gasteiger partial charge in [0.05, 0.1) is 8.07 Å². The lowest BCUT2D eigenvalue weighted by Gasteiger charge is -2.30. The van der Waals surface area contributed by atoms with Crippen LogP contribution >= 0.6 is 0 Å². The van der Waals surface area contributed by atoms with Gasteiger partial charge >= 0.3 is 0 Å². The third-order valence-electron chi connectivity index (χ3n) is 2.28. The Kier molecular flexibility index (Phi) is 1.87. The fraction of sp³-hybridized carbons (Fsp3) is 0.600. The van der Waals surface area contributed by atoms with Crippen molar-refractivity contribution in [2.75, 3.05) is 0 Å². The van der Waals surface area contributed by atoms with E-state index in [9.17, 15) is 0 Å². The zero-order valence-electron chi connectivity index (χ0n) is 8.23. The molecule has 1 heterocycles. The Labute approximate surface area is 71.0 Å². The van der Waals surface area contributed by atoms with Crippen molar-refractivity contribution >= 4 is 8.07 Å². The molecule has 11 heavy (non-hydrogen) atoms. The minimum absolute atomic E-state index is 0.374. The molecular formula is C10H18Si. The van der Waals surface area contributed by atoms with Crippen LogP contribution in [-0.4, -0.2) is 8.07 Å². The average molecular weight is 166 g/mol. The van der Waals surface area contributed by atoms with Crippen LogP contribution in [0.4, 0.5) is 0 Å². The van der Waals surface area contributed by atoms with Gasteiger partial charge in [0.15, 0.2) is 0 Å². The summed E-state index contributed by atoms with van der Waals surface area (Å²) in [6.07, 6.45) is 4.54. The molecule has 0 bridgehead atoms. The first-order valence-corrected chi connectivity index (χ1v) is 7.32. The van der Waals surface area contributed by atoms with Gasteiger partial charge in [0.1, 0.15) is 0 Å². The number of rotatable bonds is 0. The Morgan fingerprint density at radius 2 is 1.73 bits per heavy atom. The molecule has 0 unspecified atom stereocenters. The number of hydrogen-bond acceptors (Lipinski definition) is 0. The van der Waals surface area contributed by atoms with Crippen LogP contribution in [0.1, 0.15) is 20.8 Å². The van der Waals surface area contributed by atoms with Crippen LogP contribution in [0.3, 0.4) is 0 Å². The molecule has 0 atom stereocenters. The topological polar surface area (TPSA) is 0 Å². The molecule has 0 fully saturated rings. The van der Waals surface area contributed by atoms with Crippen molar-refractivity contribution in [2.24, 2.45) is 5.41 Å². The molecule has 0 radical (unpaired) electrons. The van der Waals surface area contributed by atoms with Crippen LogP contribution in [-0.2, 0) is 0 Å². The van der Waals surface area contributed by atoms with Gasteiger partial charge in [-0.1, -0.05) is 56.9 Å². The lowest BCUT2D eigenvalue weighted by Crippen LogP contribution is -2.31. The lowest BCUT2D eigenvalue weighted by atomic mass is 9.96. The standard InChI is InChI=1S/C10H18Si/c1-10(2,3)9-7-6-8-11(9,4)5/h6-8H,1-5H3. The quantitative estimate of drug-likeness (QED) is 0.484. The maximum Gasteiger partial charge on any atom is 0.0997 e. The monoisotopic (exact) mass is 166 g/mol. The second kappa shape index (κ2) is 2.34. The molecule has 0 aromatic carbocycles. The van der Waals surface area contributed by atoms with Crippen LogP contribution in [0.15, 0.2) is 23.0 Å². The predicted molar refractivity (Wildman–Crippen MR) is 54.2 cm³/mol. The normalized spacial score (nSPS) is 22.1. The summed E-state index contributed by atoms with van der Waals surface area (Å²) in [7, 11) is -1.12. The summed E-state index contributed by atoms with van der Waals surface area (Å²) in [5.41, 5.74) is 2.78. The van der Waals surface area contributed by atoms with Crippen LogP contribution in [0.5, 0.6) is 0 Å². The van der Waals surface area contributed by atoms with E-state index < -0.39 is 8.07 Å². The van der Waals surface area contributed by atoms with Gasteiger partial charge in [-0.25, -0.2) is 0 Å². The van der Waals surface area contributed by atoms with Gasteiger partial charge in [0, 0.05) is 0 Å². The highest BCUT2D eigenvalue weighted by atomic mass is 28.3. The fourth-order valence-corrected chi connectivity index (χ4v) is 5.12. The molecule has 0 nitrogen and oxygen atoms in total. The van der Waals surface area contributed by atoms with E-state index in [1.54, 1.807) is 5.20 Å². The van der Waals surface area contributed by atoms with E-state index in [0.29, 0.717) is 5.41 Å². The summed E-state index contributed by atoms with van der Waals surface area (Å²) in [4.78, 5) is 0. The molecule has 0 aromatic rings. The van der Waals surface area contributed by atoms with Crippen molar-refractivity contribution in [2.45, 2.75) is 33.9 Å². The Morgan fingerprint density at radius 3 is 1.91 bits per heavy atom. The highest BCUT2D eigenvalue weighted by Gasteiger charge is 2.32. The smallest absolute Gasteiger partial charge is 0.0905 e. The molecule has 0 aliphatic carbocycles. The maximum atomic E-state index is 2.41. The lowest BCUT2D eigenvalue weighted by molar-refractivity contribution is 0.526. The van der Waals surface area contributed by atoms with Crippen molar-refractivity contribution < 1.29 is 0 Å². The molecule has 62 valence electrons. The first kappa shape index (κ1) is 8.79. The van der Waals surface area contributed by atoms with Crippen molar-refractivity contribution in [3.05, 3.63) is 23.0 Å². The van der Waals surface area contributed by atoms with Gasteiger partial charge in [-0.15, -0.1) is 0 Å². The van der Waals surface area contributed by atoms with E-state index in [1.165, 1.54) is 0 Å². The van der Waals surface area contributed by atoms with Crippen molar-refractivity contribution in [3.63, 3.8) is 0 Å². The highest BCUT2D eigenvalue weighted by molar-refractivity contribution is 6.89. The highest BCUT2D eigenvalue weighted by Crippen LogP contribution is 2.36. The summed E-state index contributed by atoms with van der Waals surface area (Å²) < 4.78 is 0. The summed E-state index contributed by atoms with van der Waals surface area (Å²) >= 11 is 0. The van der Waals surface area contributed by atoms with E-state index in [0.717, 1.165) is 0 Å². The molecular weight excluding hydrogens is 148 g/mol. The molecule has 0 aromatic heterocycles. The molecule has 1 heteroatoms. The fourth-order valence-electron chi connectivity index (χ4n) is 1.91. The minimum Gasteiger partial charge on any atom is -0.0905 e. The third-order valence-corrected chi connectivity index (χ3v) is 5.61. The summed E-state index contributed by atoms with van der Waals surface area (Å²) in [6, 6.07) is 0. The first-order chi connectivity index (χ1) is 4.84. The van der Waals surface area contributed by atoms with Gasteiger partial charge < -0.3 is 0 Å². The molecule has 0 N–H and O–H groups in total. The van der Waals surface area contributed by atoms with E-state index in [4.69, 9.17) is 0 Å². The van der Waals surface area contributed by atoms with E-state index >= 15 is 0 Å². The molecule has 0 amide bonds. The SMILES string of the molecule is CC(C)(C)C1=CC=C[Si]1(C)C. The zero-order valence-corrected chi connectivity index (χ0v) is 9.23. The van der Waals surface area contributed by atoms with Crippen LogP contribution in [0, 0.1) is 5.41 Å². The van der Waals surface area contributed by atoms with Gasteiger partial charge in [-0.05, 0) is 5.41 Å². The van der Waals surface area contributed by atoms with Crippen LogP contribution in [0.25, 0.3) is 0 Å². The van der Waals surface area contributed by atoms with Crippen molar-refractivity contribution in [1.29, 1.82) is 0 Å². The maximum absolute atomic E-state index is 2.41. The van der Waals surface area contributed by atoms with Gasteiger partial charge in [0.25, 0.3) is 0 Å². The Balaban J connectivity index is 2.94. The predicted octanol–water partition coefficient (Wildman–Crippen LogP) is 3.32. The Morgan fingerprint density at radius 1 is 1.18 bits per heavy atom. The minimum atomic E-state index is -1.12. The molecule has 1 rings (SSSR count). The van der Waals surface area contributed by atoms with Crippen molar-refractivity contribution in [1.82, 2.24) is 0 Å². The molecule has 1 aliphatic rings. The Hall–Kier alpha value is -0.303. The van der Waals surface area contributed by atoms with Gasteiger partial charge in [0.2, 0.25) is 0 Å². The Bertz CT molecular complexity index is 214. The van der Waals surface area contributed by atoms with Crippen molar-refractivity contribution in [3.8, 4) is 0 Å². The first-order valence-electron chi connectivity index (χ1n) is 4.24. The van der Waals surface area contributed by atoms with E-state index in [1.807, 2.05) is 0 Å². The van der Waals surface area contributed by atoms with Crippen LogP contribution < -0.4 is 0 Å². The number of hydrogen-bond donors (Lipinski definition) is 0. The molecule has 0 spiro atoms. The summed E-state index contributed by atoms with van der Waals surface area (Å²) in [5, 5.41) is 1.67. The molecule has 0 saturated carbocycles. The second-order valence-corrected chi connectivity index (χ2v) is 9.23. The van der Waals surface area contributed by atoms with E-state index in [2.05, 4.69) is 51.7 Å². The molecule has 0 saturated heterocycles. The van der Waals surface area contributed by atoms with E-state index in [-0.39, 0.29) is 0 Å². The zero-order chi connectivity index (χ0) is 8.70. The summed E-state index contributed by atoms with van der Waals surface area (Å²) in [6.45, 7) is 11.7. The summed E-state index contributed by atoms with van der Waals surface area (Å²) in [5.74, 6) is 0. The largest absolute Gasteiger partial charge is 0.0997 e. The van der Waals surface area contributed by atoms with Gasteiger partial charge in [-0.2, -0.15) is 0 Å². The van der Waals surface area contributed by atoms with Gasteiger partial charge in [-0.3, -0.25) is 0 Å². The molecule has 1 aliphatic heterocycles. The number of allylic oxidation sites excluding steroid dienone is 3. The third kappa shape index (κ3) is 1.64. The van der Waals surface area contributed by atoms with Crippen LogP contribution in [0.2, 0.25) is 13.1 Å². The second-order valence-electron chi connectivity index (χ2n) is 4.91.